The van der Waals surface area contributed by atoms with Gasteiger partial charge in [0.25, 0.3) is 0 Å². The van der Waals surface area contributed by atoms with Gasteiger partial charge in [-0.05, 0) is 24.5 Å². The minimum absolute atomic E-state index is 0.822. The van der Waals surface area contributed by atoms with Gasteiger partial charge in [0.15, 0.2) is 0 Å². The lowest BCUT2D eigenvalue weighted by molar-refractivity contribution is 0.198. The SMILES string of the molecule is CCCc1ccccc1NCCCOC. The summed E-state index contributed by atoms with van der Waals surface area (Å²) in [6.07, 6.45) is 3.39. The van der Waals surface area contributed by atoms with E-state index in [0.717, 1.165) is 26.0 Å². The van der Waals surface area contributed by atoms with Gasteiger partial charge in [-0.1, -0.05) is 31.5 Å². The fourth-order valence-corrected chi connectivity index (χ4v) is 1.62. The van der Waals surface area contributed by atoms with Gasteiger partial charge in [0, 0.05) is 25.9 Å². The van der Waals surface area contributed by atoms with E-state index in [1.165, 1.54) is 17.7 Å². The first-order valence-corrected chi connectivity index (χ1v) is 5.69. The summed E-state index contributed by atoms with van der Waals surface area (Å²) in [5.74, 6) is 0. The maximum absolute atomic E-state index is 5.02. The van der Waals surface area contributed by atoms with E-state index in [9.17, 15) is 0 Å². The van der Waals surface area contributed by atoms with E-state index in [1.807, 2.05) is 0 Å². The number of hydrogen-bond acceptors (Lipinski definition) is 2. The first-order chi connectivity index (χ1) is 7.38. The molecule has 0 aliphatic carbocycles. The Bertz CT molecular complexity index is 273. The van der Waals surface area contributed by atoms with Crippen molar-refractivity contribution in [1.82, 2.24) is 0 Å². The van der Waals surface area contributed by atoms with Crippen molar-refractivity contribution >= 4 is 5.69 Å². The van der Waals surface area contributed by atoms with Gasteiger partial charge in [-0.25, -0.2) is 0 Å². The van der Waals surface area contributed by atoms with Crippen molar-refractivity contribution in [3.8, 4) is 0 Å². The van der Waals surface area contributed by atoms with E-state index in [1.54, 1.807) is 7.11 Å². The summed E-state index contributed by atoms with van der Waals surface area (Å²) in [6, 6.07) is 8.53. The summed E-state index contributed by atoms with van der Waals surface area (Å²) in [5, 5.41) is 3.45. The largest absolute Gasteiger partial charge is 0.385 e. The smallest absolute Gasteiger partial charge is 0.0479 e. The second-order valence-electron chi connectivity index (χ2n) is 3.68. The number of aryl methyl sites for hydroxylation is 1. The van der Waals surface area contributed by atoms with Crippen LogP contribution in [0, 0.1) is 0 Å². The average molecular weight is 207 g/mol. The van der Waals surface area contributed by atoms with Crippen molar-refractivity contribution in [2.45, 2.75) is 26.2 Å². The summed E-state index contributed by atoms with van der Waals surface area (Å²) in [7, 11) is 1.74. The van der Waals surface area contributed by atoms with Crippen LogP contribution in [-0.2, 0) is 11.2 Å². The highest BCUT2D eigenvalue weighted by molar-refractivity contribution is 5.51. The molecular formula is C13H21NO. The predicted octanol–water partition coefficient (Wildman–Crippen LogP) is 3.09. The molecule has 0 radical (unpaired) electrons. The number of methoxy groups -OCH3 is 1. The highest BCUT2D eigenvalue weighted by Gasteiger charge is 1.98. The van der Waals surface area contributed by atoms with Crippen LogP contribution in [0.15, 0.2) is 24.3 Å². The second kappa shape index (κ2) is 7.30. The van der Waals surface area contributed by atoms with Crippen molar-refractivity contribution < 1.29 is 4.74 Å². The van der Waals surface area contributed by atoms with E-state index >= 15 is 0 Å². The number of para-hydroxylation sites is 1. The fourth-order valence-electron chi connectivity index (χ4n) is 1.62. The average Bonchev–Trinajstić information content (AvgIpc) is 2.27. The van der Waals surface area contributed by atoms with Crippen molar-refractivity contribution in [1.29, 1.82) is 0 Å². The molecule has 0 fully saturated rings. The summed E-state index contributed by atoms with van der Waals surface area (Å²) in [5.41, 5.74) is 2.69. The van der Waals surface area contributed by atoms with Crippen LogP contribution in [0.5, 0.6) is 0 Å². The highest BCUT2D eigenvalue weighted by atomic mass is 16.5. The number of hydrogen-bond donors (Lipinski definition) is 1. The summed E-state index contributed by atoms with van der Waals surface area (Å²) < 4.78 is 5.02. The monoisotopic (exact) mass is 207 g/mol. The minimum atomic E-state index is 0.822. The highest BCUT2D eigenvalue weighted by Crippen LogP contribution is 2.16. The Morgan fingerprint density at radius 3 is 2.80 bits per heavy atom. The molecule has 0 aliphatic heterocycles. The van der Waals surface area contributed by atoms with Crippen LogP contribution in [0.4, 0.5) is 5.69 Å². The Morgan fingerprint density at radius 2 is 2.07 bits per heavy atom. The Hall–Kier alpha value is -1.02. The molecule has 1 aromatic carbocycles. The first kappa shape index (κ1) is 12.1. The molecule has 0 unspecified atom stereocenters. The van der Waals surface area contributed by atoms with Crippen LogP contribution >= 0.6 is 0 Å². The molecule has 0 saturated heterocycles. The van der Waals surface area contributed by atoms with E-state index in [0.29, 0.717) is 0 Å². The van der Waals surface area contributed by atoms with Gasteiger partial charge < -0.3 is 10.1 Å². The lowest BCUT2D eigenvalue weighted by Crippen LogP contribution is -2.06. The quantitative estimate of drug-likeness (QED) is 0.694. The molecule has 0 aromatic heterocycles. The van der Waals surface area contributed by atoms with Gasteiger partial charge in [-0.2, -0.15) is 0 Å². The lowest BCUT2D eigenvalue weighted by Gasteiger charge is -2.10. The molecule has 84 valence electrons. The Labute approximate surface area is 92.6 Å². The standard InChI is InChI=1S/C13H21NO/c1-3-7-12-8-4-5-9-13(12)14-10-6-11-15-2/h4-5,8-9,14H,3,6-7,10-11H2,1-2H3. The van der Waals surface area contributed by atoms with Crippen LogP contribution in [-0.4, -0.2) is 20.3 Å². The molecule has 0 bridgehead atoms. The van der Waals surface area contributed by atoms with Crippen molar-refractivity contribution in [2.24, 2.45) is 0 Å². The molecule has 1 rings (SSSR count). The third-order valence-electron chi connectivity index (χ3n) is 2.38. The van der Waals surface area contributed by atoms with Gasteiger partial charge in [-0.3, -0.25) is 0 Å². The lowest BCUT2D eigenvalue weighted by atomic mass is 10.1. The molecular weight excluding hydrogens is 186 g/mol. The molecule has 1 aromatic rings. The van der Waals surface area contributed by atoms with Crippen molar-refractivity contribution in [3.63, 3.8) is 0 Å². The van der Waals surface area contributed by atoms with E-state index in [2.05, 4.69) is 36.5 Å². The number of benzene rings is 1. The third kappa shape index (κ3) is 4.34. The minimum Gasteiger partial charge on any atom is -0.385 e. The van der Waals surface area contributed by atoms with Gasteiger partial charge in [-0.15, -0.1) is 0 Å². The predicted molar refractivity (Wildman–Crippen MR) is 65.4 cm³/mol. The zero-order chi connectivity index (χ0) is 10.9. The zero-order valence-electron chi connectivity index (χ0n) is 9.75. The van der Waals surface area contributed by atoms with Crippen LogP contribution in [0.3, 0.4) is 0 Å². The molecule has 15 heavy (non-hydrogen) atoms. The number of nitrogens with one attached hydrogen (secondary N) is 1. The zero-order valence-corrected chi connectivity index (χ0v) is 9.75. The maximum Gasteiger partial charge on any atom is 0.0479 e. The Balaban J connectivity index is 2.44. The van der Waals surface area contributed by atoms with Crippen LogP contribution < -0.4 is 5.32 Å². The number of ether oxygens (including phenoxy) is 1. The van der Waals surface area contributed by atoms with E-state index in [4.69, 9.17) is 4.74 Å². The van der Waals surface area contributed by atoms with Crippen LogP contribution in [0.2, 0.25) is 0 Å². The molecule has 0 atom stereocenters. The van der Waals surface area contributed by atoms with Crippen molar-refractivity contribution in [3.05, 3.63) is 29.8 Å². The fraction of sp³-hybridized carbons (Fsp3) is 0.538. The molecule has 2 heteroatoms. The Kier molecular flexibility index (Phi) is 5.86. The van der Waals surface area contributed by atoms with Crippen LogP contribution in [0.1, 0.15) is 25.3 Å². The number of rotatable bonds is 7. The second-order valence-corrected chi connectivity index (χ2v) is 3.68. The summed E-state index contributed by atoms with van der Waals surface area (Å²) in [4.78, 5) is 0. The maximum atomic E-state index is 5.02. The van der Waals surface area contributed by atoms with Crippen LogP contribution in [0.25, 0.3) is 0 Å². The third-order valence-corrected chi connectivity index (χ3v) is 2.38. The normalized spacial score (nSPS) is 10.3. The molecule has 0 amide bonds. The first-order valence-electron chi connectivity index (χ1n) is 5.69. The Morgan fingerprint density at radius 1 is 1.27 bits per heavy atom. The molecule has 0 heterocycles. The van der Waals surface area contributed by atoms with E-state index < -0.39 is 0 Å². The molecule has 0 spiro atoms. The van der Waals surface area contributed by atoms with E-state index in [-0.39, 0.29) is 0 Å². The molecule has 1 N–H and O–H groups in total. The van der Waals surface area contributed by atoms with Crippen molar-refractivity contribution in [2.75, 3.05) is 25.6 Å². The van der Waals surface area contributed by atoms with Gasteiger partial charge in [0.2, 0.25) is 0 Å². The molecule has 0 aliphatic rings. The summed E-state index contributed by atoms with van der Waals surface area (Å²) in [6.45, 7) is 4.01. The van der Waals surface area contributed by atoms with Gasteiger partial charge in [0.05, 0.1) is 0 Å². The topological polar surface area (TPSA) is 21.3 Å². The van der Waals surface area contributed by atoms with Gasteiger partial charge in [0.1, 0.15) is 0 Å². The molecule has 0 saturated carbocycles. The number of anilines is 1. The summed E-state index contributed by atoms with van der Waals surface area (Å²) >= 11 is 0. The van der Waals surface area contributed by atoms with Gasteiger partial charge >= 0.3 is 0 Å². The molecule has 2 nitrogen and oxygen atoms in total.